The van der Waals surface area contributed by atoms with E-state index in [9.17, 15) is 8.78 Å². The summed E-state index contributed by atoms with van der Waals surface area (Å²) in [5.41, 5.74) is 1.60. The number of nitrogens with one attached hydrogen (secondary N) is 1. The van der Waals surface area contributed by atoms with E-state index >= 15 is 0 Å². The van der Waals surface area contributed by atoms with Crippen LogP contribution in [-0.2, 0) is 0 Å². The van der Waals surface area contributed by atoms with Gasteiger partial charge in [0.15, 0.2) is 11.5 Å². The first kappa shape index (κ1) is 14.1. The predicted molar refractivity (Wildman–Crippen MR) is 75.4 cm³/mol. The van der Waals surface area contributed by atoms with Crippen molar-refractivity contribution in [3.63, 3.8) is 0 Å². The zero-order valence-electron chi connectivity index (χ0n) is 12.1. The van der Waals surface area contributed by atoms with Crippen LogP contribution in [-0.4, -0.2) is 30.1 Å². The molecule has 0 radical (unpaired) electrons. The lowest BCUT2D eigenvalue weighted by molar-refractivity contribution is -0.0387. The van der Waals surface area contributed by atoms with Crippen LogP contribution in [0.2, 0.25) is 0 Å². The minimum Gasteiger partial charge on any atom is -0.493 e. The van der Waals surface area contributed by atoms with Crippen molar-refractivity contribution in [1.82, 2.24) is 9.97 Å². The number of nitrogens with zero attached hydrogens (tertiary/aromatic N) is 1. The zero-order valence-corrected chi connectivity index (χ0v) is 12.1. The van der Waals surface area contributed by atoms with Gasteiger partial charge in [-0.1, -0.05) is 0 Å². The third-order valence-electron chi connectivity index (χ3n) is 4.11. The van der Waals surface area contributed by atoms with Gasteiger partial charge in [-0.3, -0.25) is 0 Å². The van der Waals surface area contributed by atoms with Crippen LogP contribution in [0, 0.1) is 0 Å². The van der Waals surface area contributed by atoms with Crippen LogP contribution in [0.4, 0.5) is 8.78 Å². The summed E-state index contributed by atoms with van der Waals surface area (Å²) in [5.74, 6) is -0.451. The number of aromatic nitrogens is 2. The Kier molecular flexibility index (Phi) is 3.47. The van der Waals surface area contributed by atoms with Gasteiger partial charge in [-0.15, -0.1) is 0 Å². The summed E-state index contributed by atoms with van der Waals surface area (Å²) in [6.45, 7) is 0. The molecule has 0 amide bonds. The van der Waals surface area contributed by atoms with Crippen molar-refractivity contribution in [2.45, 2.75) is 37.5 Å². The molecular weight excluding hydrogens is 278 g/mol. The fourth-order valence-corrected chi connectivity index (χ4v) is 2.86. The quantitative estimate of drug-likeness (QED) is 0.935. The maximum Gasteiger partial charge on any atom is 0.248 e. The summed E-state index contributed by atoms with van der Waals surface area (Å²) < 4.78 is 37.0. The number of imidazole rings is 1. The number of alkyl halides is 2. The minimum atomic E-state index is -2.52. The Morgan fingerprint density at radius 3 is 2.38 bits per heavy atom. The van der Waals surface area contributed by atoms with Crippen molar-refractivity contribution in [2.75, 3.05) is 14.2 Å². The molecule has 0 aliphatic heterocycles. The fraction of sp³-hybridized carbons (Fsp3) is 0.533. The molecule has 1 aromatic carbocycles. The molecular formula is C15H18F2N2O2. The van der Waals surface area contributed by atoms with Gasteiger partial charge in [-0.25, -0.2) is 13.8 Å². The normalized spacial score (nSPS) is 18.9. The Morgan fingerprint density at radius 1 is 1.14 bits per heavy atom. The monoisotopic (exact) mass is 296 g/mol. The predicted octanol–water partition coefficient (Wildman–Crippen LogP) is 3.87. The average molecular weight is 296 g/mol. The van der Waals surface area contributed by atoms with E-state index in [4.69, 9.17) is 9.47 Å². The molecule has 0 unspecified atom stereocenters. The zero-order chi connectivity index (χ0) is 15.0. The lowest BCUT2D eigenvalue weighted by atomic mass is 9.86. The molecule has 3 rings (SSSR count). The van der Waals surface area contributed by atoms with Crippen LogP contribution in [0.5, 0.6) is 11.5 Å². The fourth-order valence-electron chi connectivity index (χ4n) is 2.86. The number of aromatic amines is 1. The SMILES string of the molecule is COc1cc2nc(C3CCC(F)(F)CC3)[nH]c2cc1OC. The number of benzene rings is 1. The number of H-pyrrole nitrogens is 1. The Morgan fingerprint density at radius 2 is 1.76 bits per heavy atom. The van der Waals surface area contributed by atoms with Crippen LogP contribution < -0.4 is 9.47 Å². The molecule has 0 bridgehead atoms. The van der Waals surface area contributed by atoms with E-state index in [1.807, 2.05) is 6.07 Å². The lowest BCUT2D eigenvalue weighted by Crippen LogP contribution is -2.24. The molecule has 1 fully saturated rings. The highest BCUT2D eigenvalue weighted by Gasteiger charge is 2.36. The Labute approximate surface area is 121 Å². The smallest absolute Gasteiger partial charge is 0.248 e. The summed E-state index contributed by atoms with van der Waals surface area (Å²) in [5, 5.41) is 0. The van der Waals surface area contributed by atoms with Gasteiger partial charge in [0.25, 0.3) is 0 Å². The summed E-state index contributed by atoms with van der Waals surface area (Å²) in [6, 6.07) is 3.62. The first-order valence-corrected chi connectivity index (χ1v) is 7.02. The molecule has 1 aromatic heterocycles. The summed E-state index contributed by atoms with van der Waals surface area (Å²) in [6.07, 6.45) is 0.783. The second kappa shape index (κ2) is 5.16. The molecule has 21 heavy (non-hydrogen) atoms. The number of halogens is 2. The molecule has 1 saturated carbocycles. The van der Waals surface area contributed by atoms with Gasteiger partial charge >= 0.3 is 0 Å². The first-order chi connectivity index (χ1) is 10.0. The van der Waals surface area contributed by atoms with Gasteiger partial charge < -0.3 is 14.5 Å². The van der Waals surface area contributed by atoms with Gasteiger partial charge in [0.1, 0.15) is 5.82 Å². The van der Waals surface area contributed by atoms with Crippen LogP contribution >= 0.6 is 0 Å². The van der Waals surface area contributed by atoms with Crippen molar-refractivity contribution >= 4 is 11.0 Å². The van der Waals surface area contributed by atoms with Gasteiger partial charge in [0.05, 0.1) is 25.3 Å². The van der Waals surface area contributed by atoms with E-state index in [1.165, 1.54) is 0 Å². The topological polar surface area (TPSA) is 47.1 Å². The van der Waals surface area contributed by atoms with Gasteiger partial charge in [0.2, 0.25) is 5.92 Å². The number of hydrogen-bond acceptors (Lipinski definition) is 3. The van der Waals surface area contributed by atoms with Crippen molar-refractivity contribution in [3.8, 4) is 11.5 Å². The highest BCUT2D eigenvalue weighted by molar-refractivity contribution is 5.79. The second-order valence-electron chi connectivity index (χ2n) is 5.48. The number of ether oxygens (including phenoxy) is 2. The molecule has 114 valence electrons. The van der Waals surface area contributed by atoms with Gasteiger partial charge in [-0.05, 0) is 12.8 Å². The number of fused-ring (bicyclic) bond motifs is 1. The molecule has 2 aromatic rings. The Bertz CT molecular complexity index is 603. The molecule has 0 spiro atoms. The third-order valence-corrected chi connectivity index (χ3v) is 4.11. The van der Waals surface area contributed by atoms with Crippen molar-refractivity contribution in [2.24, 2.45) is 0 Å². The van der Waals surface area contributed by atoms with Crippen LogP contribution in [0.1, 0.15) is 37.4 Å². The lowest BCUT2D eigenvalue weighted by Gasteiger charge is -2.26. The van der Waals surface area contributed by atoms with Crippen LogP contribution in [0.25, 0.3) is 11.0 Å². The van der Waals surface area contributed by atoms with Crippen molar-refractivity contribution in [3.05, 3.63) is 18.0 Å². The molecule has 1 aliphatic rings. The highest BCUT2D eigenvalue weighted by Crippen LogP contribution is 2.41. The standard InChI is InChI=1S/C15H18F2N2O2/c1-20-12-7-10-11(8-13(12)21-2)19-14(18-10)9-3-5-15(16,17)6-4-9/h7-9H,3-6H2,1-2H3,(H,18,19). The van der Waals surface area contributed by atoms with Crippen molar-refractivity contribution < 1.29 is 18.3 Å². The highest BCUT2D eigenvalue weighted by atomic mass is 19.3. The maximum absolute atomic E-state index is 13.2. The van der Waals surface area contributed by atoms with E-state index in [1.54, 1.807) is 20.3 Å². The van der Waals surface area contributed by atoms with E-state index in [0.717, 1.165) is 16.9 Å². The molecule has 1 heterocycles. The van der Waals surface area contributed by atoms with Crippen LogP contribution in [0.15, 0.2) is 12.1 Å². The van der Waals surface area contributed by atoms with E-state index in [-0.39, 0.29) is 18.8 Å². The van der Waals surface area contributed by atoms with Crippen molar-refractivity contribution in [1.29, 1.82) is 0 Å². The summed E-state index contributed by atoms with van der Waals surface area (Å²) in [4.78, 5) is 7.76. The van der Waals surface area contributed by atoms with E-state index in [2.05, 4.69) is 9.97 Å². The summed E-state index contributed by atoms with van der Waals surface area (Å²) >= 11 is 0. The maximum atomic E-state index is 13.2. The summed E-state index contributed by atoms with van der Waals surface area (Å²) in [7, 11) is 3.14. The molecule has 6 heteroatoms. The minimum absolute atomic E-state index is 0.0639. The average Bonchev–Trinajstić information content (AvgIpc) is 2.88. The van der Waals surface area contributed by atoms with Gasteiger partial charge in [0, 0.05) is 30.9 Å². The Hall–Kier alpha value is -1.85. The van der Waals surface area contributed by atoms with E-state index < -0.39 is 5.92 Å². The molecule has 1 aliphatic carbocycles. The largest absolute Gasteiger partial charge is 0.493 e. The number of hydrogen-bond donors (Lipinski definition) is 1. The second-order valence-corrected chi connectivity index (χ2v) is 5.48. The molecule has 0 atom stereocenters. The number of methoxy groups -OCH3 is 2. The first-order valence-electron chi connectivity index (χ1n) is 7.02. The third kappa shape index (κ3) is 2.66. The number of rotatable bonds is 3. The molecule has 4 nitrogen and oxygen atoms in total. The molecule has 0 saturated heterocycles. The van der Waals surface area contributed by atoms with E-state index in [0.29, 0.717) is 24.3 Å². The molecule has 1 N–H and O–H groups in total. The van der Waals surface area contributed by atoms with Gasteiger partial charge in [-0.2, -0.15) is 0 Å². The Balaban J connectivity index is 1.91. The van der Waals surface area contributed by atoms with Crippen LogP contribution in [0.3, 0.4) is 0 Å².